The highest BCUT2D eigenvalue weighted by molar-refractivity contribution is 5.70. The zero-order valence-corrected chi connectivity index (χ0v) is 15.7. The smallest absolute Gasteiger partial charge is 0.158 e. The molecule has 136 valence electrons. The van der Waals surface area contributed by atoms with Crippen molar-refractivity contribution in [2.45, 2.75) is 44.9 Å². The molecule has 1 saturated carbocycles. The van der Waals surface area contributed by atoms with E-state index in [2.05, 4.69) is 47.5 Å². The summed E-state index contributed by atoms with van der Waals surface area (Å²) in [5.74, 6) is 2.82. The molecule has 1 aliphatic carbocycles. The van der Waals surface area contributed by atoms with Crippen LogP contribution in [0.25, 0.3) is 11.1 Å². The summed E-state index contributed by atoms with van der Waals surface area (Å²) < 4.78 is 0. The molecular weight excluding hydrogens is 332 g/mol. The number of unbranched alkanes of at least 4 members (excludes halogenated alkanes) is 1. The van der Waals surface area contributed by atoms with Gasteiger partial charge in [-0.3, -0.25) is 5.10 Å². The highest BCUT2D eigenvalue weighted by Crippen LogP contribution is 2.45. The maximum Gasteiger partial charge on any atom is 0.158 e. The Kier molecular flexibility index (Phi) is 5.02. The Balaban J connectivity index is 1.61. The summed E-state index contributed by atoms with van der Waals surface area (Å²) in [6.07, 6.45) is 5.74. The van der Waals surface area contributed by atoms with Gasteiger partial charge in [0.15, 0.2) is 5.82 Å². The highest BCUT2D eigenvalue weighted by Gasteiger charge is 2.36. The van der Waals surface area contributed by atoms with Crippen molar-refractivity contribution in [2.75, 3.05) is 0 Å². The van der Waals surface area contributed by atoms with Crippen molar-refractivity contribution >= 4 is 0 Å². The second-order valence-electron chi connectivity index (χ2n) is 7.34. The van der Waals surface area contributed by atoms with Crippen LogP contribution in [0, 0.1) is 17.2 Å². The summed E-state index contributed by atoms with van der Waals surface area (Å²) in [7, 11) is 0. The predicted molar refractivity (Wildman–Crippen MR) is 106 cm³/mol. The third-order valence-corrected chi connectivity index (χ3v) is 5.32. The van der Waals surface area contributed by atoms with Crippen LogP contribution in [-0.2, 0) is 6.42 Å². The van der Waals surface area contributed by atoms with Gasteiger partial charge in [-0.1, -0.05) is 55.8 Å². The van der Waals surface area contributed by atoms with E-state index >= 15 is 0 Å². The Morgan fingerprint density at radius 3 is 2.63 bits per heavy atom. The van der Waals surface area contributed by atoms with Crippen LogP contribution in [0.3, 0.4) is 0 Å². The number of H-pyrrole nitrogens is 1. The van der Waals surface area contributed by atoms with Gasteiger partial charge in [0.25, 0.3) is 0 Å². The molecule has 1 fully saturated rings. The fraction of sp³-hybridized carbons (Fsp3) is 0.348. The molecule has 0 radical (unpaired) electrons. The van der Waals surface area contributed by atoms with E-state index in [0.29, 0.717) is 11.5 Å². The lowest BCUT2D eigenvalue weighted by Crippen LogP contribution is -2.06. The number of hydrogen-bond donors (Lipinski definition) is 1. The SMILES string of the molecule is CCCCc1nc(C(c2ccc(-c3ccccc3C#N)cc2)C2CC2)n[nH]1. The van der Waals surface area contributed by atoms with Gasteiger partial charge in [-0.25, -0.2) is 4.98 Å². The molecule has 0 spiro atoms. The molecule has 27 heavy (non-hydrogen) atoms. The molecule has 4 rings (SSSR count). The van der Waals surface area contributed by atoms with Gasteiger partial charge in [-0.15, -0.1) is 0 Å². The molecule has 0 amide bonds. The standard InChI is InChI=1S/C23H24N4/c1-2-3-8-21-25-23(27-26-21)22(18-13-14-18)17-11-9-16(10-12-17)20-7-5-4-6-19(20)15-24/h4-7,9-12,18,22H,2-3,8,13-14H2,1H3,(H,25,26,27). The Labute approximate surface area is 160 Å². The maximum atomic E-state index is 9.35. The largest absolute Gasteiger partial charge is 0.263 e. The molecule has 0 aliphatic heterocycles. The van der Waals surface area contributed by atoms with E-state index in [1.165, 1.54) is 18.4 Å². The number of nitrogens with one attached hydrogen (secondary N) is 1. The second kappa shape index (κ2) is 7.75. The third-order valence-electron chi connectivity index (χ3n) is 5.32. The minimum absolute atomic E-state index is 0.261. The zero-order valence-electron chi connectivity index (χ0n) is 15.7. The molecule has 1 aromatic heterocycles. The first-order valence-corrected chi connectivity index (χ1v) is 9.80. The van der Waals surface area contributed by atoms with Crippen molar-refractivity contribution in [1.82, 2.24) is 15.2 Å². The quantitative estimate of drug-likeness (QED) is 0.630. The maximum absolute atomic E-state index is 9.35. The Morgan fingerprint density at radius 1 is 1.15 bits per heavy atom. The minimum atomic E-state index is 0.261. The van der Waals surface area contributed by atoms with Crippen molar-refractivity contribution in [3.05, 3.63) is 71.3 Å². The van der Waals surface area contributed by atoms with E-state index < -0.39 is 0 Å². The summed E-state index contributed by atoms with van der Waals surface area (Å²) in [5.41, 5.74) is 4.02. The van der Waals surface area contributed by atoms with Gasteiger partial charge in [-0.05, 0) is 47.9 Å². The van der Waals surface area contributed by atoms with Gasteiger partial charge in [-0.2, -0.15) is 10.4 Å². The van der Waals surface area contributed by atoms with Crippen molar-refractivity contribution < 1.29 is 0 Å². The van der Waals surface area contributed by atoms with E-state index in [0.717, 1.165) is 42.0 Å². The van der Waals surface area contributed by atoms with Gasteiger partial charge in [0, 0.05) is 12.3 Å². The number of rotatable bonds is 7. The first-order chi connectivity index (χ1) is 13.3. The number of nitrogens with zero attached hydrogens (tertiary/aromatic N) is 3. The van der Waals surface area contributed by atoms with Crippen LogP contribution >= 0.6 is 0 Å². The van der Waals surface area contributed by atoms with Crippen molar-refractivity contribution in [3.63, 3.8) is 0 Å². The average molecular weight is 356 g/mol. The van der Waals surface area contributed by atoms with Crippen molar-refractivity contribution in [1.29, 1.82) is 5.26 Å². The summed E-state index contributed by atoms with van der Waals surface area (Å²) in [5, 5.41) is 17.0. The van der Waals surface area contributed by atoms with Crippen LogP contribution in [0.4, 0.5) is 0 Å². The van der Waals surface area contributed by atoms with E-state index in [1.807, 2.05) is 24.3 Å². The Morgan fingerprint density at radius 2 is 1.93 bits per heavy atom. The number of aryl methyl sites for hydroxylation is 1. The summed E-state index contributed by atoms with van der Waals surface area (Å²) >= 11 is 0. The predicted octanol–water partition coefficient (Wildman–Crippen LogP) is 5.23. The van der Waals surface area contributed by atoms with Gasteiger partial charge in [0.05, 0.1) is 11.6 Å². The van der Waals surface area contributed by atoms with E-state index in [9.17, 15) is 5.26 Å². The third kappa shape index (κ3) is 3.78. The fourth-order valence-electron chi connectivity index (χ4n) is 3.67. The van der Waals surface area contributed by atoms with Crippen LogP contribution in [0.1, 0.15) is 61.3 Å². The number of hydrogen-bond acceptors (Lipinski definition) is 3. The lowest BCUT2D eigenvalue weighted by atomic mass is 9.91. The van der Waals surface area contributed by atoms with Gasteiger partial charge in [0.1, 0.15) is 5.82 Å². The lowest BCUT2D eigenvalue weighted by molar-refractivity contribution is 0.659. The molecule has 3 aromatic rings. The number of nitriles is 1. The number of aromatic nitrogens is 3. The fourth-order valence-corrected chi connectivity index (χ4v) is 3.67. The molecule has 1 aliphatic rings. The molecule has 1 atom stereocenters. The van der Waals surface area contributed by atoms with Gasteiger partial charge >= 0.3 is 0 Å². The molecule has 0 bridgehead atoms. The molecule has 4 heteroatoms. The normalized spacial score (nSPS) is 14.7. The molecule has 1 heterocycles. The van der Waals surface area contributed by atoms with E-state index in [4.69, 9.17) is 4.98 Å². The zero-order chi connectivity index (χ0) is 18.6. The summed E-state index contributed by atoms with van der Waals surface area (Å²) in [4.78, 5) is 4.78. The first kappa shape index (κ1) is 17.5. The highest BCUT2D eigenvalue weighted by atomic mass is 15.2. The van der Waals surface area contributed by atoms with Gasteiger partial charge in [0.2, 0.25) is 0 Å². The molecular formula is C23H24N4. The second-order valence-corrected chi connectivity index (χ2v) is 7.34. The first-order valence-electron chi connectivity index (χ1n) is 9.80. The lowest BCUT2D eigenvalue weighted by Gasteiger charge is -2.14. The van der Waals surface area contributed by atoms with Crippen LogP contribution in [-0.4, -0.2) is 15.2 Å². The van der Waals surface area contributed by atoms with Crippen molar-refractivity contribution in [2.24, 2.45) is 5.92 Å². The number of aromatic amines is 1. The Bertz CT molecular complexity index is 945. The van der Waals surface area contributed by atoms with Crippen molar-refractivity contribution in [3.8, 4) is 17.2 Å². The Hall–Kier alpha value is -2.93. The molecule has 0 saturated heterocycles. The van der Waals surface area contributed by atoms with Gasteiger partial charge < -0.3 is 0 Å². The molecule has 4 nitrogen and oxygen atoms in total. The minimum Gasteiger partial charge on any atom is -0.263 e. The van der Waals surface area contributed by atoms with Crippen LogP contribution < -0.4 is 0 Å². The van der Waals surface area contributed by atoms with E-state index in [-0.39, 0.29) is 5.92 Å². The topological polar surface area (TPSA) is 65.4 Å². The monoisotopic (exact) mass is 356 g/mol. The van der Waals surface area contributed by atoms with E-state index in [1.54, 1.807) is 0 Å². The van der Waals surface area contributed by atoms with Crippen LogP contribution in [0.2, 0.25) is 0 Å². The average Bonchev–Trinajstić information content (AvgIpc) is 3.44. The summed E-state index contributed by atoms with van der Waals surface area (Å²) in [6, 6.07) is 18.6. The molecule has 2 aromatic carbocycles. The summed E-state index contributed by atoms with van der Waals surface area (Å²) in [6.45, 7) is 2.19. The van der Waals surface area contributed by atoms with Crippen LogP contribution in [0.15, 0.2) is 48.5 Å². The molecule has 1 unspecified atom stereocenters. The van der Waals surface area contributed by atoms with Crippen LogP contribution in [0.5, 0.6) is 0 Å². The number of benzene rings is 2. The molecule has 1 N–H and O–H groups in total.